The Morgan fingerprint density at radius 2 is 1.15 bits per heavy atom. The van der Waals surface area contributed by atoms with Crippen LogP contribution >= 0.6 is 0 Å². The number of aromatic nitrogens is 2. The first-order chi connectivity index (χ1) is 24.9. The standard InChI is InChI=1S/C48H60F2N2OSi/c1-30(2)40-16-15-17-41(31(3)4)45(40)33-18-19-51-43(24-33)34-20-36(46(6,7)8)25-38(22-34)53-39-23-35(21-37(26-39)47(9,10)11)44-27-42(32(5)28-52-44)48(49,50)29-54(12,13)14/h15-28,30-31H,29H2,1-14H3. The molecule has 0 fully saturated rings. The molecular formula is C48H60F2N2OSi. The number of hydrogen-bond donors (Lipinski definition) is 0. The van der Waals surface area contributed by atoms with Crippen LogP contribution in [0.25, 0.3) is 33.6 Å². The zero-order valence-corrected chi connectivity index (χ0v) is 36.0. The smallest absolute Gasteiger partial charge is 0.271 e. The average molecular weight is 747 g/mol. The van der Waals surface area contributed by atoms with E-state index in [0.29, 0.717) is 34.6 Å². The fourth-order valence-corrected chi connectivity index (χ4v) is 8.60. The van der Waals surface area contributed by atoms with Gasteiger partial charge in [0.05, 0.1) is 19.5 Å². The third kappa shape index (κ3) is 9.55. The topological polar surface area (TPSA) is 35.0 Å². The van der Waals surface area contributed by atoms with Gasteiger partial charge in [-0.3, -0.25) is 9.97 Å². The highest BCUT2D eigenvalue weighted by atomic mass is 28.3. The first-order valence-electron chi connectivity index (χ1n) is 19.4. The number of rotatable bonds is 10. The van der Waals surface area contributed by atoms with Gasteiger partial charge in [0, 0.05) is 35.1 Å². The van der Waals surface area contributed by atoms with Crippen molar-refractivity contribution in [3.8, 4) is 45.1 Å². The van der Waals surface area contributed by atoms with E-state index in [1.807, 2.05) is 31.9 Å². The Bertz CT molecular complexity index is 2100. The summed E-state index contributed by atoms with van der Waals surface area (Å²) >= 11 is 0. The predicted molar refractivity (Wildman–Crippen MR) is 227 cm³/mol. The molecule has 5 rings (SSSR count). The quantitative estimate of drug-likeness (QED) is 0.134. The minimum Gasteiger partial charge on any atom is -0.457 e. The van der Waals surface area contributed by atoms with Crippen molar-refractivity contribution in [3.63, 3.8) is 0 Å². The molecule has 0 radical (unpaired) electrons. The molecule has 0 saturated heterocycles. The molecule has 286 valence electrons. The molecule has 0 unspecified atom stereocenters. The molecule has 54 heavy (non-hydrogen) atoms. The first kappa shape index (κ1) is 41.0. The fraction of sp³-hybridized carbons (Fsp3) is 0.417. The molecule has 0 aliphatic carbocycles. The van der Waals surface area contributed by atoms with Crippen LogP contribution in [0.3, 0.4) is 0 Å². The number of benzene rings is 3. The van der Waals surface area contributed by atoms with Crippen LogP contribution in [0.1, 0.15) is 114 Å². The number of halogens is 2. The van der Waals surface area contributed by atoms with E-state index in [9.17, 15) is 0 Å². The molecule has 0 spiro atoms. The molecule has 0 aliphatic rings. The van der Waals surface area contributed by atoms with Gasteiger partial charge in [-0.2, -0.15) is 0 Å². The number of nitrogens with zero attached hydrogens (tertiary/aromatic N) is 2. The van der Waals surface area contributed by atoms with Crippen LogP contribution in [0.15, 0.2) is 85.2 Å². The molecular weight excluding hydrogens is 687 g/mol. The number of alkyl halides is 2. The zero-order chi connectivity index (χ0) is 40.0. The molecule has 0 N–H and O–H groups in total. The lowest BCUT2D eigenvalue weighted by molar-refractivity contribution is 0.0153. The van der Waals surface area contributed by atoms with Gasteiger partial charge in [0.2, 0.25) is 0 Å². The zero-order valence-electron chi connectivity index (χ0n) is 35.0. The molecule has 0 amide bonds. The first-order valence-corrected chi connectivity index (χ1v) is 23.1. The Morgan fingerprint density at radius 1 is 0.648 bits per heavy atom. The Balaban J connectivity index is 1.63. The minimum atomic E-state index is -2.93. The Morgan fingerprint density at radius 3 is 1.61 bits per heavy atom. The second-order valence-corrected chi connectivity index (χ2v) is 24.4. The lowest BCUT2D eigenvalue weighted by atomic mass is 9.84. The SMILES string of the molecule is Cc1cnc(-c2cc(Oc3cc(-c4cc(-c5c(C(C)C)cccc5C(C)C)ccn4)cc(C(C)(C)C)c3)cc(C(C)(C)C)c2)cc1C(F)(F)C[Si](C)(C)C. The van der Waals surface area contributed by atoms with Gasteiger partial charge in [-0.25, -0.2) is 8.78 Å². The molecule has 0 aliphatic heterocycles. The van der Waals surface area contributed by atoms with Crippen molar-refractivity contribution in [2.75, 3.05) is 0 Å². The second kappa shape index (κ2) is 15.2. The Hall–Kier alpha value is -4.16. The summed E-state index contributed by atoms with van der Waals surface area (Å²) in [6.07, 6.45) is 3.49. The van der Waals surface area contributed by atoms with Gasteiger partial charge in [-0.1, -0.05) is 107 Å². The van der Waals surface area contributed by atoms with Crippen molar-refractivity contribution in [2.45, 2.75) is 130 Å². The van der Waals surface area contributed by atoms with Gasteiger partial charge in [-0.05, 0) is 123 Å². The molecule has 2 heterocycles. The molecule has 0 bridgehead atoms. The van der Waals surface area contributed by atoms with Gasteiger partial charge in [0.25, 0.3) is 5.92 Å². The van der Waals surface area contributed by atoms with E-state index in [4.69, 9.17) is 9.72 Å². The van der Waals surface area contributed by atoms with Crippen LogP contribution < -0.4 is 4.74 Å². The van der Waals surface area contributed by atoms with Crippen LogP contribution in [0.2, 0.25) is 25.7 Å². The highest BCUT2D eigenvalue weighted by Gasteiger charge is 2.38. The van der Waals surface area contributed by atoms with Crippen molar-refractivity contribution >= 4 is 8.07 Å². The number of pyridine rings is 2. The normalized spacial score (nSPS) is 12.9. The molecule has 3 nitrogen and oxygen atoms in total. The minimum absolute atomic E-state index is 0.0485. The summed E-state index contributed by atoms with van der Waals surface area (Å²) in [5.74, 6) is -0.879. The molecule has 6 heteroatoms. The summed E-state index contributed by atoms with van der Waals surface area (Å²) in [6, 6.07) is 24.8. The van der Waals surface area contributed by atoms with Crippen molar-refractivity contribution < 1.29 is 13.5 Å². The maximum absolute atomic E-state index is 15.8. The lowest BCUT2D eigenvalue weighted by Gasteiger charge is -2.26. The molecule has 0 saturated carbocycles. The maximum Gasteiger partial charge on any atom is 0.271 e. The third-order valence-corrected chi connectivity index (χ3v) is 11.5. The second-order valence-electron chi connectivity index (χ2n) is 19.0. The lowest BCUT2D eigenvalue weighted by Crippen LogP contribution is -2.30. The van der Waals surface area contributed by atoms with Gasteiger partial charge in [-0.15, -0.1) is 0 Å². The van der Waals surface area contributed by atoms with Crippen LogP contribution in [-0.2, 0) is 16.8 Å². The summed E-state index contributed by atoms with van der Waals surface area (Å²) in [4.78, 5) is 9.56. The van der Waals surface area contributed by atoms with Crippen LogP contribution in [0.4, 0.5) is 8.78 Å². The fourth-order valence-electron chi connectivity index (χ4n) is 7.08. The van der Waals surface area contributed by atoms with Crippen molar-refractivity contribution in [1.82, 2.24) is 9.97 Å². The van der Waals surface area contributed by atoms with E-state index in [1.165, 1.54) is 16.7 Å². The summed E-state index contributed by atoms with van der Waals surface area (Å²) in [5, 5.41) is 0. The summed E-state index contributed by atoms with van der Waals surface area (Å²) in [6.45, 7) is 29.7. The average Bonchev–Trinajstić information content (AvgIpc) is 3.06. The van der Waals surface area contributed by atoms with Gasteiger partial charge in [0.15, 0.2) is 0 Å². The van der Waals surface area contributed by atoms with Crippen molar-refractivity contribution in [2.24, 2.45) is 0 Å². The number of ether oxygens (including phenoxy) is 1. The van der Waals surface area contributed by atoms with E-state index in [-0.39, 0.29) is 22.4 Å². The van der Waals surface area contributed by atoms with Crippen LogP contribution in [-0.4, -0.2) is 18.0 Å². The third-order valence-electron chi connectivity index (χ3n) is 10.0. The van der Waals surface area contributed by atoms with Gasteiger partial charge >= 0.3 is 0 Å². The Labute approximate surface area is 324 Å². The maximum atomic E-state index is 15.8. The number of hydrogen-bond acceptors (Lipinski definition) is 3. The van der Waals surface area contributed by atoms with Gasteiger partial charge in [0.1, 0.15) is 11.5 Å². The number of aryl methyl sites for hydroxylation is 1. The van der Waals surface area contributed by atoms with E-state index < -0.39 is 14.0 Å². The van der Waals surface area contributed by atoms with E-state index in [1.54, 1.807) is 19.2 Å². The van der Waals surface area contributed by atoms with E-state index in [2.05, 4.69) is 135 Å². The monoisotopic (exact) mass is 746 g/mol. The summed E-state index contributed by atoms with van der Waals surface area (Å²) in [7, 11) is -2.06. The summed E-state index contributed by atoms with van der Waals surface area (Å²) in [5.41, 5.74) is 10.5. The molecule has 3 aromatic carbocycles. The van der Waals surface area contributed by atoms with Crippen molar-refractivity contribution in [3.05, 3.63) is 119 Å². The van der Waals surface area contributed by atoms with Crippen LogP contribution in [0, 0.1) is 6.92 Å². The molecule has 2 aromatic heterocycles. The van der Waals surface area contributed by atoms with Crippen molar-refractivity contribution in [1.29, 1.82) is 0 Å². The summed E-state index contributed by atoms with van der Waals surface area (Å²) < 4.78 is 38.3. The van der Waals surface area contributed by atoms with Gasteiger partial charge < -0.3 is 4.74 Å². The van der Waals surface area contributed by atoms with Crippen LogP contribution in [0.5, 0.6) is 11.5 Å². The van der Waals surface area contributed by atoms with E-state index in [0.717, 1.165) is 33.5 Å². The Kier molecular flexibility index (Phi) is 11.5. The molecule has 0 atom stereocenters. The largest absolute Gasteiger partial charge is 0.457 e. The predicted octanol–water partition coefficient (Wildman–Crippen LogP) is 14.9. The molecule has 5 aromatic rings. The highest BCUT2D eigenvalue weighted by Crippen LogP contribution is 2.42. The van der Waals surface area contributed by atoms with E-state index >= 15 is 8.78 Å². The highest BCUT2D eigenvalue weighted by molar-refractivity contribution is 6.76.